The van der Waals surface area contributed by atoms with Crippen molar-refractivity contribution >= 4 is 5.97 Å². The van der Waals surface area contributed by atoms with Crippen molar-refractivity contribution in [2.24, 2.45) is 0 Å². The predicted octanol–water partition coefficient (Wildman–Crippen LogP) is 0.0619. The molecule has 0 atom stereocenters. The van der Waals surface area contributed by atoms with Gasteiger partial charge in [-0.15, -0.1) is 0 Å². The number of carboxylic acid groups (broad SMARTS) is 1. The summed E-state index contributed by atoms with van der Waals surface area (Å²) in [5.74, 6) is -1.17. The lowest BCUT2D eigenvalue weighted by Crippen LogP contribution is -2.23. The molecule has 0 N–H and O–H groups in total. The van der Waals surface area contributed by atoms with Crippen molar-refractivity contribution in [1.82, 2.24) is 4.98 Å². The molecule has 0 spiro atoms. The molecule has 3 nitrogen and oxygen atoms in total. The third-order valence-corrected chi connectivity index (χ3v) is 1.47. The molecule has 0 bridgehead atoms. The normalized spacial score (nSPS) is 9.64. The Morgan fingerprint density at radius 3 is 2.64 bits per heavy atom. The van der Waals surface area contributed by atoms with E-state index < -0.39 is 5.97 Å². The highest BCUT2D eigenvalue weighted by atomic mass is 16.4. The number of carbonyl (C=O) groups excluding carboxylic acids is 1. The van der Waals surface area contributed by atoms with Crippen LogP contribution in [0.2, 0.25) is 0 Å². The first kappa shape index (κ1) is 7.72. The quantitative estimate of drug-likeness (QED) is 0.569. The second kappa shape index (κ2) is 2.70. The molecule has 0 radical (unpaired) electrons. The van der Waals surface area contributed by atoms with Gasteiger partial charge in [-0.25, -0.2) is 0 Å². The first-order chi connectivity index (χ1) is 5.11. The Bertz CT molecular complexity index is 294. The highest BCUT2D eigenvalue weighted by Crippen LogP contribution is 2.05. The SMILES string of the molecule is Cc1cc(C)c(C(=O)[O-])cn1. The number of aromatic carboxylic acids is 1. The fourth-order valence-electron chi connectivity index (χ4n) is 0.910. The van der Waals surface area contributed by atoms with Gasteiger partial charge in [0.1, 0.15) is 0 Å². The second-order valence-corrected chi connectivity index (χ2v) is 2.43. The van der Waals surface area contributed by atoms with Crippen LogP contribution in [-0.2, 0) is 0 Å². The van der Waals surface area contributed by atoms with Crippen LogP contribution in [0.4, 0.5) is 0 Å². The molecular weight excluding hydrogens is 142 g/mol. The van der Waals surface area contributed by atoms with E-state index in [0.29, 0.717) is 5.56 Å². The Morgan fingerprint density at radius 1 is 1.55 bits per heavy atom. The number of carbonyl (C=O) groups is 1. The van der Waals surface area contributed by atoms with E-state index >= 15 is 0 Å². The summed E-state index contributed by atoms with van der Waals surface area (Å²) in [5, 5.41) is 10.4. The first-order valence-electron chi connectivity index (χ1n) is 3.26. The summed E-state index contributed by atoms with van der Waals surface area (Å²) in [5.41, 5.74) is 1.67. The van der Waals surface area contributed by atoms with Crippen molar-refractivity contribution in [2.75, 3.05) is 0 Å². The van der Waals surface area contributed by atoms with Gasteiger partial charge >= 0.3 is 0 Å². The number of pyridine rings is 1. The number of carboxylic acids is 1. The Kier molecular flexibility index (Phi) is 1.89. The fraction of sp³-hybridized carbons (Fsp3) is 0.250. The molecule has 3 heteroatoms. The number of hydrogen-bond acceptors (Lipinski definition) is 3. The van der Waals surface area contributed by atoms with Crippen LogP contribution in [0, 0.1) is 13.8 Å². The van der Waals surface area contributed by atoms with Crippen LogP contribution in [0.3, 0.4) is 0 Å². The van der Waals surface area contributed by atoms with Gasteiger partial charge in [0.25, 0.3) is 0 Å². The maximum absolute atomic E-state index is 10.4. The average Bonchev–Trinajstić information content (AvgIpc) is 1.85. The molecule has 1 rings (SSSR count). The standard InChI is InChI=1S/C8H9NO2/c1-5-3-6(2)9-4-7(5)8(10)11/h3-4H,1-2H3,(H,10,11)/p-1. The highest BCUT2D eigenvalue weighted by molar-refractivity contribution is 5.87. The van der Waals surface area contributed by atoms with Crippen molar-refractivity contribution in [3.8, 4) is 0 Å². The van der Waals surface area contributed by atoms with Crippen LogP contribution in [0.1, 0.15) is 21.6 Å². The van der Waals surface area contributed by atoms with Gasteiger partial charge in [-0.3, -0.25) is 4.98 Å². The van der Waals surface area contributed by atoms with Crippen LogP contribution in [0.25, 0.3) is 0 Å². The van der Waals surface area contributed by atoms with E-state index in [1.54, 1.807) is 13.0 Å². The zero-order valence-corrected chi connectivity index (χ0v) is 6.42. The lowest BCUT2D eigenvalue weighted by molar-refractivity contribution is -0.255. The molecule has 11 heavy (non-hydrogen) atoms. The smallest absolute Gasteiger partial charge is 0.0733 e. The van der Waals surface area contributed by atoms with Crippen molar-refractivity contribution in [1.29, 1.82) is 0 Å². The zero-order chi connectivity index (χ0) is 8.43. The number of rotatable bonds is 1. The van der Waals surface area contributed by atoms with Gasteiger partial charge in [0.05, 0.1) is 5.97 Å². The van der Waals surface area contributed by atoms with Crippen molar-refractivity contribution < 1.29 is 9.90 Å². The van der Waals surface area contributed by atoms with E-state index in [1.807, 2.05) is 6.92 Å². The maximum atomic E-state index is 10.4. The zero-order valence-electron chi connectivity index (χ0n) is 6.42. The third-order valence-electron chi connectivity index (χ3n) is 1.47. The topological polar surface area (TPSA) is 53.0 Å². The molecule has 0 aliphatic rings. The second-order valence-electron chi connectivity index (χ2n) is 2.43. The lowest BCUT2D eigenvalue weighted by atomic mass is 10.1. The molecule has 1 aromatic rings. The lowest BCUT2D eigenvalue weighted by Gasteiger charge is -2.05. The van der Waals surface area contributed by atoms with E-state index in [9.17, 15) is 9.90 Å². The monoisotopic (exact) mass is 150 g/mol. The molecule has 0 amide bonds. The molecule has 0 aliphatic carbocycles. The van der Waals surface area contributed by atoms with Gasteiger partial charge in [0, 0.05) is 17.5 Å². The largest absolute Gasteiger partial charge is 0.545 e. The highest BCUT2D eigenvalue weighted by Gasteiger charge is 1.98. The van der Waals surface area contributed by atoms with Crippen LogP contribution in [-0.4, -0.2) is 11.0 Å². The summed E-state index contributed by atoms with van der Waals surface area (Å²) in [6, 6.07) is 1.71. The fourth-order valence-corrected chi connectivity index (χ4v) is 0.910. The molecule has 1 aromatic heterocycles. The number of aromatic nitrogens is 1. The minimum atomic E-state index is -1.17. The molecule has 58 valence electrons. The maximum Gasteiger partial charge on any atom is 0.0733 e. The van der Waals surface area contributed by atoms with E-state index in [2.05, 4.69) is 4.98 Å². The van der Waals surface area contributed by atoms with Crippen molar-refractivity contribution in [2.45, 2.75) is 13.8 Å². The Balaban J connectivity index is 3.20. The molecular formula is C8H8NO2-. The van der Waals surface area contributed by atoms with Gasteiger partial charge in [0.2, 0.25) is 0 Å². The first-order valence-corrected chi connectivity index (χ1v) is 3.26. The summed E-state index contributed by atoms with van der Waals surface area (Å²) in [6.45, 7) is 3.53. The van der Waals surface area contributed by atoms with Crippen LogP contribution in [0.15, 0.2) is 12.3 Å². The van der Waals surface area contributed by atoms with Gasteiger partial charge in [-0.05, 0) is 25.5 Å². The summed E-state index contributed by atoms with van der Waals surface area (Å²) in [6.07, 6.45) is 1.32. The van der Waals surface area contributed by atoms with Gasteiger partial charge in [-0.1, -0.05) is 0 Å². The minimum Gasteiger partial charge on any atom is -0.545 e. The molecule has 0 saturated heterocycles. The summed E-state index contributed by atoms with van der Waals surface area (Å²) in [4.78, 5) is 14.2. The number of hydrogen-bond donors (Lipinski definition) is 0. The van der Waals surface area contributed by atoms with E-state index in [-0.39, 0.29) is 5.56 Å². The Labute approximate surface area is 64.7 Å². The van der Waals surface area contributed by atoms with Crippen LogP contribution in [0.5, 0.6) is 0 Å². The minimum absolute atomic E-state index is 0.163. The Hall–Kier alpha value is -1.38. The molecule has 0 aliphatic heterocycles. The molecule has 1 heterocycles. The van der Waals surface area contributed by atoms with E-state index in [0.717, 1.165) is 5.69 Å². The van der Waals surface area contributed by atoms with Crippen LogP contribution < -0.4 is 5.11 Å². The summed E-state index contributed by atoms with van der Waals surface area (Å²) < 4.78 is 0. The molecule has 0 saturated carbocycles. The van der Waals surface area contributed by atoms with Gasteiger partial charge < -0.3 is 9.90 Å². The summed E-state index contributed by atoms with van der Waals surface area (Å²) >= 11 is 0. The van der Waals surface area contributed by atoms with Crippen molar-refractivity contribution in [3.63, 3.8) is 0 Å². The number of aryl methyl sites for hydroxylation is 2. The summed E-state index contributed by atoms with van der Waals surface area (Å²) in [7, 11) is 0. The molecule has 0 unspecified atom stereocenters. The number of nitrogens with zero attached hydrogens (tertiary/aromatic N) is 1. The molecule has 0 fully saturated rings. The van der Waals surface area contributed by atoms with Crippen LogP contribution >= 0.6 is 0 Å². The third kappa shape index (κ3) is 1.55. The predicted molar refractivity (Wildman–Crippen MR) is 38.0 cm³/mol. The Morgan fingerprint density at radius 2 is 2.18 bits per heavy atom. The van der Waals surface area contributed by atoms with Gasteiger partial charge in [0.15, 0.2) is 0 Å². The van der Waals surface area contributed by atoms with E-state index in [4.69, 9.17) is 0 Å². The average molecular weight is 150 g/mol. The van der Waals surface area contributed by atoms with Crippen molar-refractivity contribution in [3.05, 3.63) is 29.1 Å². The molecule has 0 aromatic carbocycles. The van der Waals surface area contributed by atoms with Gasteiger partial charge in [-0.2, -0.15) is 0 Å². The van der Waals surface area contributed by atoms with E-state index in [1.165, 1.54) is 6.20 Å².